The molecule has 0 radical (unpaired) electrons. The first kappa shape index (κ1) is 19.0. The number of hydrogen-bond donors (Lipinski definition) is 1. The third kappa shape index (κ3) is 3.99. The van der Waals surface area contributed by atoms with Crippen LogP contribution in [0.15, 0.2) is 60.7 Å². The van der Waals surface area contributed by atoms with Crippen molar-refractivity contribution in [1.82, 2.24) is 0 Å². The smallest absolute Gasteiger partial charge is 0.126 e. The van der Waals surface area contributed by atoms with E-state index in [1.54, 1.807) is 14.2 Å². The Morgan fingerprint density at radius 3 is 1.81 bits per heavy atom. The summed E-state index contributed by atoms with van der Waals surface area (Å²) in [5, 5.41) is 0. The summed E-state index contributed by atoms with van der Waals surface area (Å²) in [4.78, 5) is 0. The molecular weight excluding hydrogens is 334 g/mol. The summed E-state index contributed by atoms with van der Waals surface area (Å²) in [6.07, 6.45) is 0.788. The number of rotatable bonds is 6. The third-order valence-corrected chi connectivity index (χ3v) is 4.79. The molecule has 0 amide bonds. The van der Waals surface area contributed by atoms with Gasteiger partial charge in [0, 0.05) is 17.2 Å². The molecule has 3 aromatic carbocycles. The number of hydrogen-bond acceptors (Lipinski definition) is 3. The molecule has 0 fully saturated rings. The lowest BCUT2D eigenvalue weighted by Crippen LogP contribution is -2.18. The van der Waals surface area contributed by atoms with Crippen LogP contribution in [-0.4, -0.2) is 20.3 Å². The highest BCUT2D eigenvalue weighted by Gasteiger charge is 2.16. The molecule has 140 valence electrons. The van der Waals surface area contributed by atoms with Crippen molar-refractivity contribution in [3.8, 4) is 33.8 Å². The van der Waals surface area contributed by atoms with Crippen LogP contribution < -0.4 is 15.2 Å². The predicted molar refractivity (Wildman–Crippen MR) is 113 cm³/mol. The van der Waals surface area contributed by atoms with E-state index < -0.39 is 0 Å². The molecule has 2 N–H and O–H groups in total. The van der Waals surface area contributed by atoms with Gasteiger partial charge in [0.05, 0.1) is 14.2 Å². The number of methoxy groups -OCH3 is 2. The highest BCUT2D eigenvalue weighted by atomic mass is 16.5. The Balaban J connectivity index is 2.23. The van der Waals surface area contributed by atoms with E-state index in [0.29, 0.717) is 0 Å². The summed E-state index contributed by atoms with van der Waals surface area (Å²) < 4.78 is 11.2. The van der Waals surface area contributed by atoms with Crippen LogP contribution in [-0.2, 0) is 6.42 Å². The van der Waals surface area contributed by atoms with Crippen molar-refractivity contribution in [2.75, 3.05) is 14.2 Å². The third-order valence-electron chi connectivity index (χ3n) is 4.79. The summed E-state index contributed by atoms with van der Waals surface area (Å²) in [7, 11) is 3.42. The van der Waals surface area contributed by atoms with Crippen molar-refractivity contribution in [1.29, 1.82) is 0 Å². The first-order chi connectivity index (χ1) is 13.0. The van der Waals surface area contributed by atoms with Gasteiger partial charge in [-0.3, -0.25) is 0 Å². The molecule has 0 saturated carbocycles. The molecule has 3 aromatic rings. The molecule has 3 rings (SSSR count). The lowest BCUT2D eigenvalue weighted by atomic mass is 9.88. The van der Waals surface area contributed by atoms with E-state index in [1.807, 2.05) is 43.3 Å². The van der Waals surface area contributed by atoms with Crippen LogP contribution in [0.2, 0.25) is 0 Å². The Bertz CT molecular complexity index is 931. The van der Waals surface area contributed by atoms with Gasteiger partial charge in [-0.1, -0.05) is 48.5 Å². The molecule has 3 nitrogen and oxygen atoms in total. The molecule has 27 heavy (non-hydrogen) atoms. The molecule has 0 aliphatic heterocycles. The monoisotopic (exact) mass is 361 g/mol. The van der Waals surface area contributed by atoms with Gasteiger partial charge >= 0.3 is 0 Å². The van der Waals surface area contributed by atoms with E-state index in [0.717, 1.165) is 29.0 Å². The van der Waals surface area contributed by atoms with Crippen LogP contribution in [0.3, 0.4) is 0 Å². The van der Waals surface area contributed by atoms with Crippen LogP contribution >= 0.6 is 0 Å². The number of benzene rings is 3. The minimum atomic E-state index is 0.0617. The van der Waals surface area contributed by atoms with Crippen molar-refractivity contribution < 1.29 is 9.47 Å². The maximum Gasteiger partial charge on any atom is 0.126 e. The maximum atomic E-state index is 6.17. The van der Waals surface area contributed by atoms with Crippen molar-refractivity contribution in [2.24, 2.45) is 5.73 Å². The lowest BCUT2D eigenvalue weighted by Gasteiger charge is -2.19. The Hall–Kier alpha value is -2.78. The fraction of sp³-hybridized carbons (Fsp3) is 0.250. The summed E-state index contributed by atoms with van der Waals surface area (Å²) >= 11 is 0. The molecule has 0 heterocycles. The van der Waals surface area contributed by atoms with Gasteiger partial charge in [-0.2, -0.15) is 0 Å². The van der Waals surface area contributed by atoms with Crippen LogP contribution in [0.4, 0.5) is 0 Å². The standard InChI is InChI=1S/C24H27NO2/c1-16-13-22(20-10-6-8-12-24(20)27-4)18(14-17(2)25)15-21(16)19-9-5-7-11-23(19)26-3/h5-13,15,17H,14,25H2,1-4H3. The molecular formula is C24H27NO2. The number of aryl methyl sites for hydroxylation is 1. The van der Waals surface area contributed by atoms with Crippen molar-refractivity contribution >= 4 is 0 Å². The SMILES string of the molecule is COc1ccccc1-c1cc(CC(C)N)c(-c2ccccc2OC)cc1C. The zero-order valence-corrected chi connectivity index (χ0v) is 16.5. The molecule has 0 spiro atoms. The molecule has 0 bridgehead atoms. The quantitative estimate of drug-likeness (QED) is 0.653. The van der Waals surface area contributed by atoms with Crippen LogP contribution in [0.25, 0.3) is 22.3 Å². The van der Waals surface area contributed by atoms with Crippen LogP contribution in [0, 0.1) is 6.92 Å². The second kappa shape index (κ2) is 8.28. The second-order valence-corrected chi connectivity index (χ2v) is 6.91. The van der Waals surface area contributed by atoms with Crippen molar-refractivity contribution in [3.05, 3.63) is 71.8 Å². The summed E-state index contributed by atoms with van der Waals surface area (Å²) in [5.41, 5.74) is 13.1. The van der Waals surface area contributed by atoms with E-state index in [2.05, 4.69) is 31.2 Å². The lowest BCUT2D eigenvalue weighted by molar-refractivity contribution is 0.416. The zero-order chi connectivity index (χ0) is 19.4. The van der Waals surface area contributed by atoms with Gasteiger partial charge in [-0.15, -0.1) is 0 Å². The molecule has 0 aliphatic carbocycles. The fourth-order valence-corrected chi connectivity index (χ4v) is 3.54. The van der Waals surface area contributed by atoms with E-state index >= 15 is 0 Å². The minimum Gasteiger partial charge on any atom is -0.496 e. The Morgan fingerprint density at radius 1 is 0.778 bits per heavy atom. The first-order valence-corrected chi connectivity index (χ1v) is 9.21. The van der Waals surface area contributed by atoms with E-state index in [4.69, 9.17) is 15.2 Å². The first-order valence-electron chi connectivity index (χ1n) is 9.21. The van der Waals surface area contributed by atoms with Gasteiger partial charge in [0.15, 0.2) is 0 Å². The van der Waals surface area contributed by atoms with Crippen LogP contribution in [0.1, 0.15) is 18.1 Å². The Kier molecular flexibility index (Phi) is 5.82. The van der Waals surface area contributed by atoms with E-state index in [9.17, 15) is 0 Å². The molecule has 1 unspecified atom stereocenters. The van der Waals surface area contributed by atoms with Crippen molar-refractivity contribution in [2.45, 2.75) is 26.3 Å². The highest BCUT2D eigenvalue weighted by molar-refractivity contribution is 5.81. The predicted octanol–water partition coefficient (Wildman–Crippen LogP) is 5.24. The molecule has 1 atom stereocenters. The van der Waals surface area contributed by atoms with Gasteiger partial charge < -0.3 is 15.2 Å². The minimum absolute atomic E-state index is 0.0617. The highest BCUT2D eigenvalue weighted by Crippen LogP contribution is 2.39. The number of ether oxygens (including phenoxy) is 2. The zero-order valence-electron chi connectivity index (χ0n) is 16.5. The summed E-state index contributed by atoms with van der Waals surface area (Å²) in [5.74, 6) is 1.74. The van der Waals surface area contributed by atoms with Gasteiger partial charge in [-0.05, 0) is 54.7 Å². The maximum absolute atomic E-state index is 6.17. The van der Waals surface area contributed by atoms with Gasteiger partial charge in [0.25, 0.3) is 0 Å². The van der Waals surface area contributed by atoms with Gasteiger partial charge in [0.2, 0.25) is 0 Å². The fourth-order valence-electron chi connectivity index (χ4n) is 3.54. The second-order valence-electron chi connectivity index (χ2n) is 6.91. The number of para-hydroxylation sites is 2. The topological polar surface area (TPSA) is 44.5 Å². The molecule has 0 aromatic heterocycles. The molecule has 0 saturated heterocycles. The molecule has 3 heteroatoms. The average molecular weight is 361 g/mol. The summed E-state index contributed by atoms with van der Waals surface area (Å²) in [6, 6.07) is 20.8. The van der Waals surface area contributed by atoms with Crippen LogP contribution in [0.5, 0.6) is 11.5 Å². The Morgan fingerprint density at radius 2 is 1.30 bits per heavy atom. The Labute approximate surface area is 161 Å². The van der Waals surface area contributed by atoms with Crippen molar-refractivity contribution in [3.63, 3.8) is 0 Å². The van der Waals surface area contributed by atoms with Gasteiger partial charge in [0.1, 0.15) is 11.5 Å². The molecule has 0 aliphatic rings. The summed E-state index contributed by atoms with van der Waals surface area (Å²) in [6.45, 7) is 4.17. The van der Waals surface area contributed by atoms with Gasteiger partial charge in [-0.25, -0.2) is 0 Å². The average Bonchev–Trinajstić information content (AvgIpc) is 2.68. The normalized spacial score (nSPS) is 11.9. The largest absolute Gasteiger partial charge is 0.496 e. The van der Waals surface area contributed by atoms with E-state index in [1.165, 1.54) is 22.3 Å². The van der Waals surface area contributed by atoms with E-state index in [-0.39, 0.29) is 6.04 Å². The number of nitrogens with two attached hydrogens (primary N) is 1.